The molecule has 5 nitrogen and oxygen atoms in total. The molecule has 1 saturated carbocycles. The lowest BCUT2D eigenvalue weighted by atomic mass is 10.0. The van der Waals surface area contributed by atoms with Crippen molar-refractivity contribution < 1.29 is 4.79 Å². The molecule has 0 atom stereocenters. The van der Waals surface area contributed by atoms with Gasteiger partial charge in [0, 0.05) is 30.7 Å². The Morgan fingerprint density at radius 2 is 1.92 bits per heavy atom. The van der Waals surface area contributed by atoms with E-state index in [2.05, 4.69) is 32.7 Å². The van der Waals surface area contributed by atoms with Crippen LogP contribution in [0.5, 0.6) is 0 Å². The standard InChI is InChI=1S/C20H20N4O/c1-21-19-17-12-22-18(24-20(25)14-7-8-14)10-16(17)15(11-23-19)9-13-5-3-2-4-6-13/h2-6,10-12,14H,7-9H2,1H3,(H,21,23)(H,22,24,25). The summed E-state index contributed by atoms with van der Waals surface area (Å²) in [4.78, 5) is 20.9. The Hall–Kier alpha value is -2.95. The van der Waals surface area contributed by atoms with E-state index in [4.69, 9.17) is 0 Å². The summed E-state index contributed by atoms with van der Waals surface area (Å²) in [5.41, 5.74) is 2.34. The van der Waals surface area contributed by atoms with Crippen molar-refractivity contribution in [1.29, 1.82) is 0 Å². The van der Waals surface area contributed by atoms with E-state index in [0.717, 1.165) is 41.4 Å². The van der Waals surface area contributed by atoms with Gasteiger partial charge in [0.15, 0.2) is 0 Å². The van der Waals surface area contributed by atoms with Gasteiger partial charge in [-0.25, -0.2) is 9.97 Å². The van der Waals surface area contributed by atoms with Crippen LogP contribution >= 0.6 is 0 Å². The first-order valence-electron chi connectivity index (χ1n) is 8.55. The molecule has 0 bridgehead atoms. The summed E-state index contributed by atoms with van der Waals surface area (Å²) in [5, 5.41) is 8.06. The summed E-state index contributed by atoms with van der Waals surface area (Å²) in [5.74, 6) is 1.62. The third-order valence-corrected chi connectivity index (χ3v) is 4.53. The summed E-state index contributed by atoms with van der Waals surface area (Å²) in [6.45, 7) is 0. The lowest BCUT2D eigenvalue weighted by Crippen LogP contribution is -2.14. The predicted octanol–water partition coefficient (Wildman–Crippen LogP) is 3.61. The van der Waals surface area contributed by atoms with E-state index in [-0.39, 0.29) is 11.8 Å². The van der Waals surface area contributed by atoms with Crippen molar-refractivity contribution in [2.75, 3.05) is 17.7 Å². The number of amides is 1. The maximum Gasteiger partial charge on any atom is 0.228 e. The van der Waals surface area contributed by atoms with Gasteiger partial charge in [-0.3, -0.25) is 4.79 Å². The van der Waals surface area contributed by atoms with Gasteiger partial charge in [0.25, 0.3) is 0 Å². The van der Waals surface area contributed by atoms with Gasteiger partial charge in [-0.15, -0.1) is 0 Å². The normalized spacial score (nSPS) is 13.6. The molecular weight excluding hydrogens is 312 g/mol. The molecule has 126 valence electrons. The zero-order valence-corrected chi connectivity index (χ0v) is 14.1. The number of carbonyl (C=O) groups is 1. The summed E-state index contributed by atoms with van der Waals surface area (Å²) in [6.07, 6.45) is 6.42. The average Bonchev–Trinajstić information content (AvgIpc) is 3.48. The lowest BCUT2D eigenvalue weighted by molar-refractivity contribution is -0.117. The molecule has 2 N–H and O–H groups in total. The Morgan fingerprint density at radius 1 is 1.12 bits per heavy atom. The highest BCUT2D eigenvalue weighted by atomic mass is 16.2. The highest BCUT2D eigenvalue weighted by Crippen LogP contribution is 2.31. The number of carbonyl (C=O) groups excluding carboxylic acids is 1. The smallest absolute Gasteiger partial charge is 0.228 e. The summed E-state index contributed by atoms with van der Waals surface area (Å²) < 4.78 is 0. The fourth-order valence-electron chi connectivity index (χ4n) is 2.99. The van der Waals surface area contributed by atoms with Crippen molar-refractivity contribution in [3.05, 3.63) is 59.9 Å². The molecule has 1 fully saturated rings. The van der Waals surface area contributed by atoms with Crippen LogP contribution in [0, 0.1) is 5.92 Å². The predicted molar refractivity (Wildman–Crippen MR) is 99.7 cm³/mol. The molecule has 2 aromatic heterocycles. The van der Waals surface area contributed by atoms with E-state index in [1.807, 2.05) is 37.5 Å². The molecule has 4 rings (SSSR count). The number of hydrogen-bond donors (Lipinski definition) is 2. The summed E-state index contributed by atoms with van der Waals surface area (Å²) >= 11 is 0. The zero-order chi connectivity index (χ0) is 17.2. The quantitative estimate of drug-likeness (QED) is 0.749. The van der Waals surface area contributed by atoms with E-state index in [1.54, 1.807) is 6.20 Å². The Kier molecular flexibility index (Phi) is 4.06. The van der Waals surface area contributed by atoms with Crippen molar-refractivity contribution in [3.8, 4) is 0 Å². The minimum Gasteiger partial charge on any atom is -0.373 e. The summed E-state index contributed by atoms with van der Waals surface area (Å²) in [7, 11) is 1.85. The summed E-state index contributed by atoms with van der Waals surface area (Å²) in [6, 6.07) is 12.3. The number of nitrogens with one attached hydrogen (secondary N) is 2. The first-order valence-corrected chi connectivity index (χ1v) is 8.55. The first-order chi connectivity index (χ1) is 12.2. The number of rotatable bonds is 5. The molecule has 5 heteroatoms. The van der Waals surface area contributed by atoms with Crippen LogP contribution in [0.25, 0.3) is 10.8 Å². The molecule has 25 heavy (non-hydrogen) atoms. The highest BCUT2D eigenvalue weighted by Gasteiger charge is 2.29. The SMILES string of the molecule is CNc1ncc(Cc2ccccc2)c2cc(NC(=O)C3CC3)ncc12. The highest BCUT2D eigenvalue weighted by molar-refractivity contribution is 5.98. The van der Waals surface area contributed by atoms with Gasteiger partial charge >= 0.3 is 0 Å². The van der Waals surface area contributed by atoms with Gasteiger partial charge in [-0.1, -0.05) is 30.3 Å². The Bertz CT molecular complexity index is 920. The zero-order valence-electron chi connectivity index (χ0n) is 14.1. The third-order valence-electron chi connectivity index (χ3n) is 4.53. The number of pyridine rings is 2. The molecule has 0 aliphatic heterocycles. The molecule has 0 saturated heterocycles. The van der Waals surface area contributed by atoms with E-state index in [0.29, 0.717) is 5.82 Å². The van der Waals surface area contributed by atoms with Crippen LogP contribution in [-0.4, -0.2) is 22.9 Å². The van der Waals surface area contributed by atoms with Gasteiger partial charge in [0.1, 0.15) is 11.6 Å². The van der Waals surface area contributed by atoms with Crippen LogP contribution in [0.1, 0.15) is 24.0 Å². The maximum absolute atomic E-state index is 12.0. The van der Waals surface area contributed by atoms with Crippen molar-refractivity contribution in [2.24, 2.45) is 5.92 Å². The van der Waals surface area contributed by atoms with Crippen molar-refractivity contribution in [2.45, 2.75) is 19.3 Å². The van der Waals surface area contributed by atoms with Crippen LogP contribution in [0.15, 0.2) is 48.8 Å². The minimum atomic E-state index is 0.0688. The van der Waals surface area contributed by atoms with Crippen molar-refractivity contribution in [3.63, 3.8) is 0 Å². The molecule has 1 aliphatic carbocycles. The molecule has 1 aliphatic rings. The second-order valence-electron chi connectivity index (χ2n) is 6.42. The number of benzene rings is 1. The van der Waals surface area contributed by atoms with E-state index in [9.17, 15) is 4.79 Å². The van der Waals surface area contributed by atoms with Crippen molar-refractivity contribution >= 4 is 28.3 Å². The number of hydrogen-bond acceptors (Lipinski definition) is 4. The Labute approximate surface area is 146 Å². The monoisotopic (exact) mass is 332 g/mol. The van der Waals surface area contributed by atoms with Gasteiger partial charge in [0.05, 0.1) is 0 Å². The topological polar surface area (TPSA) is 66.9 Å². The fraction of sp³-hybridized carbons (Fsp3) is 0.250. The Morgan fingerprint density at radius 3 is 2.64 bits per heavy atom. The molecule has 1 amide bonds. The van der Waals surface area contributed by atoms with Crippen LogP contribution in [-0.2, 0) is 11.2 Å². The minimum absolute atomic E-state index is 0.0688. The second-order valence-corrected chi connectivity index (χ2v) is 6.42. The average molecular weight is 332 g/mol. The van der Waals surface area contributed by atoms with Crippen molar-refractivity contribution in [1.82, 2.24) is 9.97 Å². The van der Waals surface area contributed by atoms with Crippen LogP contribution in [0.4, 0.5) is 11.6 Å². The molecule has 0 unspecified atom stereocenters. The van der Waals surface area contributed by atoms with Gasteiger partial charge < -0.3 is 10.6 Å². The number of anilines is 2. The van der Waals surface area contributed by atoms with Crippen LogP contribution < -0.4 is 10.6 Å². The Balaban J connectivity index is 1.74. The number of fused-ring (bicyclic) bond motifs is 1. The molecule has 1 aromatic carbocycles. The van der Waals surface area contributed by atoms with Crippen LogP contribution in [0.3, 0.4) is 0 Å². The van der Waals surface area contributed by atoms with E-state index < -0.39 is 0 Å². The molecule has 0 radical (unpaired) electrons. The van der Waals surface area contributed by atoms with E-state index in [1.165, 1.54) is 5.56 Å². The lowest BCUT2D eigenvalue weighted by Gasteiger charge is -2.12. The first kappa shape index (κ1) is 15.6. The fourth-order valence-corrected chi connectivity index (χ4v) is 2.99. The number of nitrogens with zero attached hydrogens (tertiary/aromatic N) is 2. The van der Waals surface area contributed by atoms with Crippen LogP contribution in [0.2, 0.25) is 0 Å². The molecule has 0 spiro atoms. The molecule has 3 aromatic rings. The molecular formula is C20H20N4O. The maximum atomic E-state index is 12.0. The van der Waals surface area contributed by atoms with Gasteiger partial charge in [-0.05, 0) is 41.8 Å². The molecule has 2 heterocycles. The van der Waals surface area contributed by atoms with Gasteiger partial charge in [-0.2, -0.15) is 0 Å². The third kappa shape index (κ3) is 3.31. The number of aromatic nitrogens is 2. The van der Waals surface area contributed by atoms with E-state index >= 15 is 0 Å². The van der Waals surface area contributed by atoms with Gasteiger partial charge in [0.2, 0.25) is 5.91 Å². The largest absolute Gasteiger partial charge is 0.373 e. The second kappa shape index (κ2) is 6.51.